The Morgan fingerprint density at radius 3 is 2.55 bits per heavy atom. The average molecular weight is 404 g/mol. The lowest BCUT2D eigenvalue weighted by Gasteiger charge is -2.20. The Bertz CT molecular complexity index is 727. The summed E-state index contributed by atoms with van der Waals surface area (Å²) in [5.41, 5.74) is 1.74. The second-order valence-corrected chi connectivity index (χ2v) is 8.02. The molecule has 0 bridgehead atoms. The summed E-state index contributed by atoms with van der Waals surface area (Å²) in [7, 11) is 1.70. The molecule has 8 nitrogen and oxygen atoms in total. The molecule has 8 heteroatoms. The molecular formula is C21H33N5O3. The first-order chi connectivity index (χ1) is 13.8. The molecule has 0 unspecified atom stereocenters. The third-order valence-corrected chi connectivity index (χ3v) is 4.31. The highest BCUT2D eigenvalue weighted by Crippen LogP contribution is 2.15. The van der Waals surface area contributed by atoms with Crippen LogP contribution < -0.4 is 16.0 Å². The highest BCUT2D eigenvalue weighted by molar-refractivity contribution is 5.79. The number of aliphatic imine (C=N–C) groups is 1. The van der Waals surface area contributed by atoms with E-state index in [0.29, 0.717) is 38.6 Å². The van der Waals surface area contributed by atoms with Gasteiger partial charge in [0.2, 0.25) is 5.91 Å². The number of benzene rings is 1. The molecule has 0 spiro atoms. The fourth-order valence-corrected chi connectivity index (χ4v) is 3.00. The molecule has 0 saturated carbocycles. The first-order valence-corrected chi connectivity index (χ1v) is 10.0. The minimum Gasteiger partial charge on any atom is -0.444 e. The Labute approximate surface area is 173 Å². The van der Waals surface area contributed by atoms with E-state index in [9.17, 15) is 9.59 Å². The number of hydrogen-bond acceptors (Lipinski definition) is 4. The monoisotopic (exact) mass is 403 g/mol. The third kappa shape index (κ3) is 8.41. The number of rotatable bonds is 7. The highest BCUT2D eigenvalue weighted by atomic mass is 16.6. The summed E-state index contributed by atoms with van der Waals surface area (Å²) in [5, 5.41) is 9.11. The molecule has 0 aliphatic carbocycles. The minimum absolute atomic E-state index is 0.234. The third-order valence-electron chi connectivity index (χ3n) is 4.31. The van der Waals surface area contributed by atoms with Gasteiger partial charge in [0.25, 0.3) is 0 Å². The Morgan fingerprint density at radius 1 is 1.17 bits per heavy atom. The molecule has 3 N–H and O–H groups in total. The Morgan fingerprint density at radius 2 is 1.90 bits per heavy atom. The molecule has 1 saturated heterocycles. The van der Waals surface area contributed by atoms with Gasteiger partial charge in [-0.15, -0.1) is 0 Å². The summed E-state index contributed by atoms with van der Waals surface area (Å²) in [4.78, 5) is 29.5. The molecule has 1 fully saturated rings. The maximum absolute atomic E-state index is 11.8. The van der Waals surface area contributed by atoms with Crippen LogP contribution in [0.5, 0.6) is 0 Å². The number of nitrogens with zero attached hydrogens (tertiary/aromatic N) is 2. The lowest BCUT2D eigenvalue weighted by Crippen LogP contribution is -2.42. The lowest BCUT2D eigenvalue weighted by atomic mass is 10.1. The van der Waals surface area contributed by atoms with Crippen LogP contribution in [0.3, 0.4) is 0 Å². The SMILES string of the molecule is CN=C(NCCNC(=O)OC(C)(C)C)NCc1cccc(CN2CCCC2=O)c1. The van der Waals surface area contributed by atoms with E-state index in [0.717, 1.165) is 24.1 Å². The van der Waals surface area contributed by atoms with E-state index in [1.54, 1.807) is 7.05 Å². The van der Waals surface area contributed by atoms with Crippen LogP contribution >= 0.6 is 0 Å². The first kappa shape index (κ1) is 22.5. The largest absolute Gasteiger partial charge is 0.444 e. The van der Waals surface area contributed by atoms with Crippen molar-refractivity contribution in [3.8, 4) is 0 Å². The Hall–Kier alpha value is -2.77. The van der Waals surface area contributed by atoms with E-state index < -0.39 is 11.7 Å². The van der Waals surface area contributed by atoms with Crippen LogP contribution in [0.15, 0.2) is 29.3 Å². The molecule has 29 heavy (non-hydrogen) atoms. The van der Waals surface area contributed by atoms with Gasteiger partial charge < -0.3 is 25.6 Å². The topological polar surface area (TPSA) is 95.1 Å². The number of alkyl carbamates (subject to hydrolysis) is 1. The molecule has 1 aromatic rings. The van der Waals surface area contributed by atoms with Crippen molar-refractivity contribution in [3.05, 3.63) is 35.4 Å². The van der Waals surface area contributed by atoms with Gasteiger partial charge in [-0.2, -0.15) is 0 Å². The van der Waals surface area contributed by atoms with Crippen molar-refractivity contribution >= 4 is 18.0 Å². The molecule has 1 aliphatic heterocycles. The van der Waals surface area contributed by atoms with E-state index in [1.807, 2.05) is 43.9 Å². The van der Waals surface area contributed by atoms with Crippen molar-refractivity contribution in [2.75, 3.05) is 26.7 Å². The van der Waals surface area contributed by atoms with Crippen LogP contribution in [0, 0.1) is 0 Å². The van der Waals surface area contributed by atoms with Gasteiger partial charge in [0, 0.05) is 46.2 Å². The Balaban J connectivity index is 1.72. The molecule has 1 aliphatic rings. The molecule has 2 amide bonds. The molecule has 2 rings (SSSR count). The maximum Gasteiger partial charge on any atom is 0.407 e. The average Bonchev–Trinajstić information content (AvgIpc) is 3.04. The standard InChI is InChI=1S/C21H33N5O3/c1-21(2,3)29-20(28)24-11-10-23-19(22-4)25-14-16-7-5-8-17(13-16)15-26-12-6-9-18(26)27/h5,7-8,13H,6,9-12,14-15H2,1-4H3,(H,24,28)(H2,22,23,25). The molecule has 0 radical (unpaired) electrons. The van der Waals surface area contributed by atoms with Gasteiger partial charge in [-0.1, -0.05) is 24.3 Å². The smallest absolute Gasteiger partial charge is 0.407 e. The summed E-state index contributed by atoms with van der Waals surface area (Å²) in [5.74, 6) is 0.884. The number of ether oxygens (including phenoxy) is 1. The van der Waals surface area contributed by atoms with Crippen LogP contribution in [0.2, 0.25) is 0 Å². The van der Waals surface area contributed by atoms with Crippen molar-refractivity contribution in [1.29, 1.82) is 0 Å². The van der Waals surface area contributed by atoms with Crippen LogP contribution in [-0.4, -0.2) is 55.1 Å². The predicted molar refractivity (Wildman–Crippen MR) is 114 cm³/mol. The number of guanidine groups is 1. The summed E-state index contributed by atoms with van der Waals surface area (Å²) in [6.45, 7) is 8.55. The second kappa shape index (κ2) is 10.7. The zero-order valence-electron chi connectivity index (χ0n) is 17.9. The number of carbonyl (C=O) groups excluding carboxylic acids is 2. The summed E-state index contributed by atoms with van der Waals surface area (Å²) in [6.07, 6.45) is 1.17. The number of hydrogen-bond donors (Lipinski definition) is 3. The first-order valence-electron chi connectivity index (χ1n) is 10.0. The van der Waals surface area contributed by atoms with Crippen molar-refractivity contribution in [2.24, 2.45) is 4.99 Å². The molecule has 1 heterocycles. The van der Waals surface area contributed by atoms with Gasteiger partial charge in [-0.05, 0) is 38.3 Å². The van der Waals surface area contributed by atoms with Crippen LogP contribution in [-0.2, 0) is 22.6 Å². The van der Waals surface area contributed by atoms with Gasteiger partial charge in [-0.3, -0.25) is 9.79 Å². The van der Waals surface area contributed by atoms with Gasteiger partial charge >= 0.3 is 6.09 Å². The second-order valence-electron chi connectivity index (χ2n) is 8.02. The number of amides is 2. The van der Waals surface area contributed by atoms with E-state index in [2.05, 4.69) is 27.0 Å². The quantitative estimate of drug-likeness (QED) is 0.368. The van der Waals surface area contributed by atoms with Crippen molar-refractivity contribution in [2.45, 2.75) is 52.3 Å². The molecule has 0 atom stereocenters. The van der Waals surface area contributed by atoms with Crippen molar-refractivity contribution in [3.63, 3.8) is 0 Å². The Kier molecular flexibility index (Phi) is 8.30. The zero-order chi connectivity index (χ0) is 21.3. The van der Waals surface area contributed by atoms with Crippen molar-refractivity contribution in [1.82, 2.24) is 20.9 Å². The van der Waals surface area contributed by atoms with E-state index in [1.165, 1.54) is 0 Å². The van der Waals surface area contributed by atoms with Gasteiger partial charge in [0.15, 0.2) is 5.96 Å². The van der Waals surface area contributed by atoms with Crippen LogP contribution in [0.4, 0.5) is 4.79 Å². The summed E-state index contributed by atoms with van der Waals surface area (Å²) < 4.78 is 5.19. The number of nitrogens with one attached hydrogen (secondary N) is 3. The minimum atomic E-state index is -0.508. The molecule has 0 aromatic heterocycles. The summed E-state index contributed by atoms with van der Waals surface area (Å²) >= 11 is 0. The molecule has 1 aromatic carbocycles. The van der Waals surface area contributed by atoms with Crippen molar-refractivity contribution < 1.29 is 14.3 Å². The van der Waals surface area contributed by atoms with E-state index >= 15 is 0 Å². The predicted octanol–water partition coefficient (Wildman–Crippen LogP) is 2.00. The lowest BCUT2D eigenvalue weighted by molar-refractivity contribution is -0.128. The fourth-order valence-electron chi connectivity index (χ4n) is 3.00. The molecule has 160 valence electrons. The zero-order valence-corrected chi connectivity index (χ0v) is 17.9. The van der Waals surface area contributed by atoms with Crippen LogP contribution in [0.1, 0.15) is 44.7 Å². The summed E-state index contributed by atoms with van der Waals surface area (Å²) in [6, 6.07) is 8.20. The fraction of sp³-hybridized carbons (Fsp3) is 0.571. The highest BCUT2D eigenvalue weighted by Gasteiger charge is 2.20. The number of likely N-dealkylation sites (tertiary alicyclic amines) is 1. The number of carbonyl (C=O) groups is 2. The molecular weight excluding hydrogens is 370 g/mol. The van der Waals surface area contributed by atoms with Gasteiger partial charge in [0.1, 0.15) is 5.60 Å². The van der Waals surface area contributed by atoms with E-state index in [4.69, 9.17) is 4.74 Å². The maximum atomic E-state index is 11.8. The van der Waals surface area contributed by atoms with E-state index in [-0.39, 0.29) is 5.91 Å². The van der Waals surface area contributed by atoms with Gasteiger partial charge in [0.05, 0.1) is 0 Å². The van der Waals surface area contributed by atoms with Crippen LogP contribution in [0.25, 0.3) is 0 Å². The van der Waals surface area contributed by atoms with Gasteiger partial charge in [-0.25, -0.2) is 4.79 Å². The normalized spacial score (nSPS) is 14.7.